The molecule has 1 unspecified atom stereocenters. The summed E-state index contributed by atoms with van der Waals surface area (Å²) in [5.41, 5.74) is 2.28. The second-order valence-electron chi connectivity index (χ2n) is 3.12. The minimum absolute atomic E-state index is 0.229. The molecule has 13 heavy (non-hydrogen) atoms. The summed E-state index contributed by atoms with van der Waals surface area (Å²) >= 11 is 0. The van der Waals surface area contributed by atoms with Crippen molar-refractivity contribution < 1.29 is 4.74 Å². The molecule has 1 atom stereocenters. The Hall–Kier alpha value is -1.09. The number of anilines is 1. The lowest BCUT2D eigenvalue weighted by atomic mass is 10.2. The second-order valence-corrected chi connectivity index (χ2v) is 3.12. The Balaban J connectivity index is 2.50. The van der Waals surface area contributed by atoms with Crippen molar-refractivity contribution in [3.63, 3.8) is 0 Å². The molecule has 1 aromatic rings. The Kier molecular flexibility index (Phi) is 3.71. The summed E-state index contributed by atoms with van der Waals surface area (Å²) in [6, 6.07) is 1.97. The van der Waals surface area contributed by atoms with Crippen molar-refractivity contribution >= 4 is 5.69 Å². The Morgan fingerprint density at radius 2 is 2.38 bits per heavy atom. The lowest BCUT2D eigenvalue weighted by Crippen LogP contribution is -2.18. The Bertz CT molecular complexity index is 263. The number of methoxy groups -OCH3 is 1. The number of hydrogen-bond donors (Lipinski definition) is 1. The van der Waals surface area contributed by atoms with Crippen molar-refractivity contribution in [3.05, 3.63) is 24.0 Å². The summed E-state index contributed by atoms with van der Waals surface area (Å²) in [6.07, 6.45) is 3.86. The topological polar surface area (TPSA) is 34.1 Å². The molecule has 1 aromatic heterocycles. The first kappa shape index (κ1) is 9.99. The van der Waals surface area contributed by atoms with Gasteiger partial charge in [0.15, 0.2) is 0 Å². The van der Waals surface area contributed by atoms with E-state index >= 15 is 0 Å². The van der Waals surface area contributed by atoms with Crippen molar-refractivity contribution in [1.29, 1.82) is 0 Å². The van der Waals surface area contributed by atoms with Crippen molar-refractivity contribution in [2.24, 2.45) is 0 Å². The van der Waals surface area contributed by atoms with Gasteiger partial charge in [0.05, 0.1) is 6.10 Å². The Labute approximate surface area is 79.1 Å². The molecule has 0 aliphatic carbocycles. The van der Waals surface area contributed by atoms with E-state index < -0.39 is 0 Å². The van der Waals surface area contributed by atoms with Gasteiger partial charge in [0.25, 0.3) is 0 Å². The minimum atomic E-state index is 0.229. The van der Waals surface area contributed by atoms with Crippen LogP contribution in [-0.2, 0) is 4.74 Å². The molecule has 0 spiro atoms. The predicted octanol–water partition coefficient (Wildman–Crippen LogP) is 1.84. The van der Waals surface area contributed by atoms with Gasteiger partial charge in [-0.25, -0.2) is 0 Å². The highest BCUT2D eigenvalue weighted by molar-refractivity contribution is 5.48. The summed E-state index contributed by atoms with van der Waals surface area (Å²) in [5.74, 6) is 0. The number of nitrogens with zero attached hydrogens (tertiary/aromatic N) is 1. The van der Waals surface area contributed by atoms with Crippen LogP contribution in [0, 0.1) is 6.92 Å². The van der Waals surface area contributed by atoms with E-state index in [1.54, 1.807) is 13.3 Å². The van der Waals surface area contributed by atoms with Crippen LogP contribution in [0.1, 0.15) is 12.5 Å². The molecule has 1 N–H and O–H groups in total. The molecule has 72 valence electrons. The molecule has 0 aliphatic rings. The molecule has 0 fully saturated rings. The highest BCUT2D eigenvalue weighted by atomic mass is 16.5. The van der Waals surface area contributed by atoms with E-state index in [2.05, 4.69) is 10.3 Å². The van der Waals surface area contributed by atoms with Gasteiger partial charge in [-0.2, -0.15) is 0 Å². The molecule has 3 nitrogen and oxygen atoms in total. The van der Waals surface area contributed by atoms with Gasteiger partial charge >= 0.3 is 0 Å². The van der Waals surface area contributed by atoms with Crippen molar-refractivity contribution in [2.45, 2.75) is 20.0 Å². The molecule has 3 heteroatoms. The van der Waals surface area contributed by atoms with Gasteiger partial charge in [-0.3, -0.25) is 4.98 Å². The van der Waals surface area contributed by atoms with Gasteiger partial charge in [0.2, 0.25) is 0 Å². The molecule has 0 aliphatic heterocycles. The number of aryl methyl sites for hydroxylation is 1. The van der Waals surface area contributed by atoms with E-state index in [4.69, 9.17) is 4.74 Å². The van der Waals surface area contributed by atoms with Gasteiger partial charge in [-0.1, -0.05) is 0 Å². The molecule has 0 saturated heterocycles. The lowest BCUT2D eigenvalue weighted by molar-refractivity contribution is 0.129. The van der Waals surface area contributed by atoms with Crippen LogP contribution in [0.2, 0.25) is 0 Å². The number of aromatic nitrogens is 1. The zero-order valence-corrected chi connectivity index (χ0v) is 8.37. The standard InChI is InChI=1S/C10H16N2O/c1-8-6-11-5-4-10(8)12-7-9(2)13-3/h4-6,9H,7H2,1-3H3,(H,11,12). The molecule has 0 aromatic carbocycles. The smallest absolute Gasteiger partial charge is 0.0715 e. The van der Waals surface area contributed by atoms with Crippen LogP contribution in [0.3, 0.4) is 0 Å². The van der Waals surface area contributed by atoms with Gasteiger partial charge < -0.3 is 10.1 Å². The Morgan fingerprint density at radius 1 is 1.62 bits per heavy atom. The molecular formula is C10H16N2O. The number of rotatable bonds is 4. The molecular weight excluding hydrogens is 164 g/mol. The molecule has 1 heterocycles. The Morgan fingerprint density at radius 3 is 3.00 bits per heavy atom. The molecule has 0 amide bonds. The average Bonchev–Trinajstić information content (AvgIpc) is 2.16. The number of ether oxygens (including phenoxy) is 1. The molecule has 0 saturated carbocycles. The predicted molar refractivity (Wildman–Crippen MR) is 53.9 cm³/mol. The third-order valence-corrected chi connectivity index (χ3v) is 2.00. The van der Waals surface area contributed by atoms with Gasteiger partial charge in [0, 0.05) is 31.7 Å². The van der Waals surface area contributed by atoms with Crippen LogP contribution < -0.4 is 5.32 Å². The summed E-state index contributed by atoms with van der Waals surface area (Å²) < 4.78 is 5.13. The zero-order valence-electron chi connectivity index (χ0n) is 8.37. The normalized spacial score (nSPS) is 12.5. The zero-order chi connectivity index (χ0) is 9.68. The summed E-state index contributed by atoms with van der Waals surface area (Å²) in [5, 5.41) is 3.30. The fourth-order valence-corrected chi connectivity index (χ4v) is 1.01. The maximum Gasteiger partial charge on any atom is 0.0715 e. The van der Waals surface area contributed by atoms with Crippen LogP contribution in [-0.4, -0.2) is 24.7 Å². The fourth-order valence-electron chi connectivity index (χ4n) is 1.01. The largest absolute Gasteiger partial charge is 0.382 e. The summed E-state index contributed by atoms with van der Waals surface area (Å²) in [4.78, 5) is 4.02. The van der Waals surface area contributed by atoms with E-state index in [9.17, 15) is 0 Å². The van der Waals surface area contributed by atoms with E-state index in [1.165, 1.54) is 0 Å². The minimum Gasteiger partial charge on any atom is -0.382 e. The van der Waals surface area contributed by atoms with Crippen molar-refractivity contribution in [2.75, 3.05) is 19.0 Å². The van der Waals surface area contributed by atoms with E-state index in [0.717, 1.165) is 17.8 Å². The van der Waals surface area contributed by atoms with Gasteiger partial charge in [0.1, 0.15) is 0 Å². The molecule has 0 radical (unpaired) electrons. The van der Waals surface area contributed by atoms with Crippen LogP contribution >= 0.6 is 0 Å². The van der Waals surface area contributed by atoms with Crippen molar-refractivity contribution in [1.82, 2.24) is 4.98 Å². The maximum atomic E-state index is 5.13. The third-order valence-electron chi connectivity index (χ3n) is 2.00. The van der Waals surface area contributed by atoms with Crippen LogP contribution in [0.25, 0.3) is 0 Å². The molecule has 0 bridgehead atoms. The van der Waals surface area contributed by atoms with Crippen molar-refractivity contribution in [3.8, 4) is 0 Å². The fraction of sp³-hybridized carbons (Fsp3) is 0.500. The number of hydrogen-bond acceptors (Lipinski definition) is 3. The quantitative estimate of drug-likeness (QED) is 0.767. The van der Waals surface area contributed by atoms with E-state index in [1.807, 2.05) is 26.1 Å². The first-order valence-electron chi connectivity index (χ1n) is 4.41. The highest BCUT2D eigenvalue weighted by Crippen LogP contribution is 2.11. The first-order chi connectivity index (χ1) is 6.24. The summed E-state index contributed by atoms with van der Waals surface area (Å²) in [6.45, 7) is 4.89. The van der Waals surface area contributed by atoms with E-state index in [0.29, 0.717) is 0 Å². The third kappa shape index (κ3) is 3.03. The number of pyridine rings is 1. The second kappa shape index (κ2) is 4.82. The van der Waals surface area contributed by atoms with E-state index in [-0.39, 0.29) is 6.10 Å². The first-order valence-corrected chi connectivity index (χ1v) is 4.41. The molecule has 1 rings (SSSR count). The van der Waals surface area contributed by atoms with Gasteiger partial charge in [-0.05, 0) is 25.5 Å². The van der Waals surface area contributed by atoms with Crippen LogP contribution in [0.5, 0.6) is 0 Å². The average molecular weight is 180 g/mol. The summed E-state index contributed by atoms with van der Waals surface area (Å²) in [7, 11) is 1.71. The lowest BCUT2D eigenvalue weighted by Gasteiger charge is -2.12. The highest BCUT2D eigenvalue weighted by Gasteiger charge is 2.00. The van der Waals surface area contributed by atoms with Crippen LogP contribution in [0.4, 0.5) is 5.69 Å². The van der Waals surface area contributed by atoms with Crippen LogP contribution in [0.15, 0.2) is 18.5 Å². The maximum absolute atomic E-state index is 5.13. The monoisotopic (exact) mass is 180 g/mol. The van der Waals surface area contributed by atoms with Gasteiger partial charge in [-0.15, -0.1) is 0 Å². The number of nitrogens with one attached hydrogen (secondary N) is 1. The SMILES string of the molecule is COC(C)CNc1ccncc1C.